The molecule has 0 spiro atoms. The molecule has 132 valence electrons. The molecule has 0 amide bonds. The van der Waals surface area contributed by atoms with Crippen LogP contribution in [0.1, 0.15) is 97.3 Å². The number of carbonyl (C=O) groups excluding carboxylic acids is 1. The normalized spacial score (nSPS) is 15.5. The van der Waals surface area contributed by atoms with Crippen molar-refractivity contribution in [3.05, 3.63) is 70.3 Å². The molecule has 1 nitrogen and oxygen atoms in total. The number of ketones is 1. The summed E-state index contributed by atoms with van der Waals surface area (Å²) in [6, 6.07) is 14.8. The summed E-state index contributed by atoms with van der Waals surface area (Å²) < 4.78 is 0. The van der Waals surface area contributed by atoms with Gasteiger partial charge in [-0.05, 0) is 53.9 Å². The Labute approximate surface area is 152 Å². The zero-order chi connectivity index (χ0) is 17.8. The van der Waals surface area contributed by atoms with Crippen LogP contribution in [-0.2, 0) is 6.42 Å². The van der Waals surface area contributed by atoms with Gasteiger partial charge in [0.25, 0.3) is 0 Å². The number of carbonyl (C=O) groups is 1. The average Bonchev–Trinajstić information content (AvgIpc) is 2.67. The highest BCUT2D eigenvalue weighted by Gasteiger charge is 2.21. The third-order valence-electron chi connectivity index (χ3n) is 5.66. The van der Waals surface area contributed by atoms with Gasteiger partial charge < -0.3 is 0 Å². The van der Waals surface area contributed by atoms with Gasteiger partial charge in [-0.25, -0.2) is 0 Å². The maximum Gasteiger partial charge on any atom is 0.193 e. The average molecular weight is 335 g/mol. The first kappa shape index (κ1) is 17.9. The number of benzene rings is 2. The van der Waals surface area contributed by atoms with Gasteiger partial charge in [0.05, 0.1) is 0 Å². The van der Waals surface area contributed by atoms with Crippen LogP contribution in [0, 0.1) is 0 Å². The van der Waals surface area contributed by atoms with Crippen LogP contribution in [0.15, 0.2) is 42.5 Å². The fraction of sp³-hybridized carbons (Fsp3) is 0.458. The third-order valence-corrected chi connectivity index (χ3v) is 5.66. The van der Waals surface area contributed by atoms with Gasteiger partial charge in [-0.3, -0.25) is 4.79 Å². The third kappa shape index (κ3) is 3.86. The molecule has 0 atom stereocenters. The Morgan fingerprint density at radius 3 is 2.40 bits per heavy atom. The largest absolute Gasteiger partial charge is 0.289 e. The molecule has 0 N–H and O–H groups in total. The van der Waals surface area contributed by atoms with Crippen molar-refractivity contribution in [2.24, 2.45) is 0 Å². The van der Waals surface area contributed by atoms with Crippen LogP contribution >= 0.6 is 0 Å². The molecule has 1 heteroatoms. The van der Waals surface area contributed by atoms with E-state index in [4.69, 9.17) is 0 Å². The molecule has 1 saturated carbocycles. The summed E-state index contributed by atoms with van der Waals surface area (Å²) in [6.45, 7) is 6.46. The standard InChI is InChI=1S/C24H30O/c1-4-18-14-15-20(19-10-6-5-7-11-19)16-23(18)24(25)22-13-9-8-12-21(22)17(2)3/h8-9,12-17,19H,4-7,10-11H2,1-3H3. The zero-order valence-electron chi connectivity index (χ0n) is 15.8. The Morgan fingerprint density at radius 2 is 1.72 bits per heavy atom. The van der Waals surface area contributed by atoms with Gasteiger partial charge in [-0.1, -0.05) is 76.4 Å². The molecular weight excluding hydrogens is 304 g/mol. The van der Waals surface area contributed by atoms with Crippen molar-refractivity contribution < 1.29 is 4.79 Å². The molecule has 2 aromatic rings. The maximum absolute atomic E-state index is 13.4. The van der Waals surface area contributed by atoms with E-state index < -0.39 is 0 Å². The minimum atomic E-state index is 0.193. The fourth-order valence-corrected chi connectivity index (χ4v) is 4.16. The van der Waals surface area contributed by atoms with E-state index in [-0.39, 0.29) is 5.78 Å². The first-order chi connectivity index (χ1) is 12.1. The minimum absolute atomic E-state index is 0.193. The Kier molecular flexibility index (Phi) is 5.73. The number of aryl methyl sites for hydroxylation is 1. The van der Waals surface area contributed by atoms with E-state index in [1.807, 2.05) is 18.2 Å². The Balaban J connectivity index is 2.01. The highest BCUT2D eigenvalue weighted by atomic mass is 16.1. The maximum atomic E-state index is 13.4. The SMILES string of the molecule is CCc1ccc(C2CCCCC2)cc1C(=O)c1ccccc1C(C)C. The summed E-state index contributed by atoms with van der Waals surface area (Å²) in [6.07, 6.45) is 7.43. The van der Waals surface area contributed by atoms with Gasteiger partial charge in [-0.15, -0.1) is 0 Å². The highest BCUT2D eigenvalue weighted by molar-refractivity contribution is 6.11. The lowest BCUT2D eigenvalue weighted by Crippen LogP contribution is -2.11. The van der Waals surface area contributed by atoms with Gasteiger partial charge in [-0.2, -0.15) is 0 Å². The first-order valence-electron chi connectivity index (χ1n) is 9.88. The van der Waals surface area contributed by atoms with Crippen molar-refractivity contribution in [1.82, 2.24) is 0 Å². The van der Waals surface area contributed by atoms with E-state index >= 15 is 0 Å². The predicted molar refractivity (Wildman–Crippen MR) is 106 cm³/mol. The molecule has 3 rings (SSSR count). The molecule has 25 heavy (non-hydrogen) atoms. The molecule has 0 aromatic heterocycles. The van der Waals surface area contributed by atoms with E-state index in [0.717, 1.165) is 23.1 Å². The molecule has 0 bridgehead atoms. The molecule has 1 aliphatic rings. The predicted octanol–water partition coefficient (Wildman–Crippen LogP) is 6.65. The fourth-order valence-electron chi connectivity index (χ4n) is 4.16. The lowest BCUT2D eigenvalue weighted by molar-refractivity contribution is 0.103. The van der Waals surface area contributed by atoms with Crippen molar-refractivity contribution in [1.29, 1.82) is 0 Å². The summed E-state index contributed by atoms with van der Waals surface area (Å²) in [5.41, 5.74) is 5.47. The van der Waals surface area contributed by atoms with Crippen LogP contribution in [0.3, 0.4) is 0 Å². The summed E-state index contributed by atoms with van der Waals surface area (Å²) >= 11 is 0. The monoisotopic (exact) mass is 334 g/mol. The van der Waals surface area contributed by atoms with E-state index in [0.29, 0.717) is 11.8 Å². The Morgan fingerprint density at radius 1 is 1.00 bits per heavy atom. The molecule has 1 fully saturated rings. The van der Waals surface area contributed by atoms with E-state index in [1.54, 1.807) is 0 Å². The van der Waals surface area contributed by atoms with Crippen molar-refractivity contribution >= 4 is 5.78 Å². The second-order valence-electron chi connectivity index (χ2n) is 7.68. The number of rotatable bonds is 5. The number of hydrogen-bond acceptors (Lipinski definition) is 1. The quantitative estimate of drug-likeness (QED) is 0.559. The van der Waals surface area contributed by atoms with Crippen molar-refractivity contribution in [3.63, 3.8) is 0 Å². The summed E-state index contributed by atoms with van der Waals surface area (Å²) in [4.78, 5) is 13.4. The minimum Gasteiger partial charge on any atom is -0.289 e. The van der Waals surface area contributed by atoms with Crippen LogP contribution in [0.5, 0.6) is 0 Å². The topological polar surface area (TPSA) is 17.1 Å². The van der Waals surface area contributed by atoms with Crippen LogP contribution in [-0.4, -0.2) is 5.78 Å². The van der Waals surface area contributed by atoms with Crippen LogP contribution in [0.4, 0.5) is 0 Å². The van der Waals surface area contributed by atoms with Gasteiger partial charge in [0.2, 0.25) is 0 Å². The smallest absolute Gasteiger partial charge is 0.193 e. The van der Waals surface area contributed by atoms with Crippen LogP contribution in [0.25, 0.3) is 0 Å². The van der Waals surface area contributed by atoms with Gasteiger partial charge >= 0.3 is 0 Å². The van der Waals surface area contributed by atoms with Crippen molar-refractivity contribution in [2.45, 2.75) is 71.1 Å². The Bertz CT molecular complexity index is 736. The van der Waals surface area contributed by atoms with Gasteiger partial charge in [0.15, 0.2) is 5.78 Å². The highest BCUT2D eigenvalue weighted by Crippen LogP contribution is 2.34. The summed E-state index contributed by atoms with van der Waals surface area (Å²) in [5, 5.41) is 0. The van der Waals surface area contributed by atoms with Crippen LogP contribution in [0.2, 0.25) is 0 Å². The van der Waals surface area contributed by atoms with E-state index in [9.17, 15) is 4.79 Å². The van der Waals surface area contributed by atoms with Crippen molar-refractivity contribution in [3.8, 4) is 0 Å². The van der Waals surface area contributed by atoms with Crippen LogP contribution < -0.4 is 0 Å². The second-order valence-corrected chi connectivity index (χ2v) is 7.68. The second kappa shape index (κ2) is 7.99. The van der Waals surface area contributed by atoms with E-state index in [1.165, 1.54) is 43.2 Å². The lowest BCUT2D eigenvalue weighted by Gasteiger charge is -2.23. The summed E-state index contributed by atoms with van der Waals surface area (Å²) in [7, 11) is 0. The molecule has 0 unspecified atom stereocenters. The summed E-state index contributed by atoms with van der Waals surface area (Å²) in [5.74, 6) is 1.18. The zero-order valence-corrected chi connectivity index (χ0v) is 15.8. The van der Waals surface area contributed by atoms with Gasteiger partial charge in [0, 0.05) is 11.1 Å². The lowest BCUT2D eigenvalue weighted by atomic mass is 9.81. The Hall–Kier alpha value is -1.89. The molecule has 0 aliphatic heterocycles. The molecule has 0 saturated heterocycles. The van der Waals surface area contributed by atoms with Crippen molar-refractivity contribution in [2.75, 3.05) is 0 Å². The molecule has 2 aromatic carbocycles. The molecular formula is C24H30O. The molecule has 0 radical (unpaired) electrons. The first-order valence-corrected chi connectivity index (χ1v) is 9.88. The number of hydrogen-bond donors (Lipinski definition) is 0. The van der Waals surface area contributed by atoms with E-state index in [2.05, 4.69) is 45.0 Å². The van der Waals surface area contributed by atoms with Gasteiger partial charge in [0.1, 0.15) is 0 Å². The molecule has 0 heterocycles. The molecule has 1 aliphatic carbocycles.